The molecule has 0 spiro atoms. The molecule has 0 radical (unpaired) electrons. The Morgan fingerprint density at radius 2 is 1.32 bits per heavy atom. The van der Waals surface area contributed by atoms with Gasteiger partial charge in [-0.1, -0.05) is 71.1 Å². The number of hydrogen-bond acceptors (Lipinski definition) is 4. The third-order valence-corrected chi connectivity index (χ3v) is 4.64. The third-order valence-electron chi connectivity index (χ3n) is 3.70. The first-order chi connectivity index (χ1) is 10.4. The van der Waals surface area contributed by atoms with Crippen LogP contribution in [0.2, 0.25) is 0 Å². The molecule has 6 heteroatoms. The van der Waals surface area contributed by atoms with Crippen LogP contribution >= 0.6 is 0 Å². The summed E-state index contributed by atoms with van der Waals surface area (Å²) in [4.78, 5) is 11.4. The predicted molar refractivity (Wildman–Crippen MR) is 88.2 cm³/mol. The third kappa shape index (κ3) is 13.1. The van der Waals surface area contributed by atoms with Gasteiger partial charge in [-0.15, -0.1) is 0 Å². The summed E-state index contributed by atoms with van der Waals surface area (Å²) < 4.78 is 34.7. The van der Waals surface area contributed by atoms with Crippen molar-refractivity contribution in [1.29, 1.82) is 0 Å². The summed E-state index contributed by atoms with van der Waals surface area (Å²) in [6.45, 7) is 3.37. The summed E-state index contributed by atoms with van der Waals surface area (Å²) in [5.74, 6) is -0.568. The highest BCUT2D eigenvalue weighted by molar-refractivity contribution is 7.86. The van der Waals surface area contributed by atoms with Crippen molar-refractivity contribution in [2.24, 2.45) is 0 Å². The van der Waals surface area contributed by atoms with Crippen molar-refractivity contribution in [3.63, 3.8) is 0 Å². The quantitative estimate of drug-likeness (QED) is 0.288. The van der Waals surface area contributed by atoms with E-state index >= 15 is 0 Å². The van der Waals surface area contributed by atoms with Gasteiger partial charge in [-0.25, -0.2) is 0 Å². The molecule has 0 aromatic rings. The van der Waals surface area contributed by atoms with Gasteiger partial charge >= 0.3 is 16.1 Å². The summed E-state index contributed by atoms with van der Waals surface area (Å²) in [5, 5.41) is 0. The molecule has 0 aliphatic rings. The molecule has 0 saturated heterocycles. The lowest BCUT2D eigenvalue weighted by Gasteiger charge is -2.09. The second-order valence-electron chi connectivity index (χ2n) is 5.86. The molecule has 0 aliphatic carbocycles. The van der Waals surface area contributed by atoms with Crippen LogP contribution in [-0.4, -0.2) is 24.4 Å². The molecule has 0 amide bonds. The van der Waals surface area contributed by atoms with Gasteiger partial charge in [0.25, 0.3) is 0 Å². The zero-order valence-electron chi connectivity index (χ0n) is 14.1. The van der Waals surface area contributed by atoms with Crippen molar-refractivity contribution in [2.75, 3.05) is 0 Å². The van der Waals surface area contributed by atoms with Crippen molar-refractivity contribution in [3.8, 4) is 0 Å². The predicted octanol–water partition coefficient (Wildman–Crippen LogP) is 4.46. The fourth-order valence-electron chi connectivity index (χ4n) is 2.24. The van der Waals surface area contributed by atoms with E-state index < -0.39 is 21.5 Å². The maximum absolute atomic E-state index is 11.4. The molecular weight excluding hydrogens is 304 g/mol. The van der Waals surface area contributed by atoms with Crippen molar-refractivity contribution in [1.82, 2.24) is 0 Å². The van der Waals surface area contributed by atoms with Gasteiger partial charge in [-0.05, 0) is 13.3 Å². The molecule has 22 heavy (non-hydrogen) atoms. The molecule has 1 unspecified atom stereocenters. The van der Waals surface area contributed by atoms with Gasteiger partial charge in [0, 0.05) is 6.42 Å². The lowest BCUT2D eigenvalue weighted by molar-refractivity contribution is -0.145. The van der Waals surface area contributed by atoms with Gasteiger partial charge in [0.05, 0.1) is 0 Å². The zero-order valence-corrected chi connectivity index (χ0v) is 14.9. The van der Waals surface area contributed by atoms with Crippen molar-refractivity contribution >= 4 is 16.1 Å². The van der Waals surface area contributed by atoms with Crippen LogP contribution < -0.4 is 0 Å². The fraction of sp³-hybridized carbons (Fsp3) is 0.938. The second kappa shape index (κ2) is 12.9. The van der Waals surface area contributed by atoms with Crippen LogP contribution in [0.3, 0.4) is 0 Å². The molecule has 0 bridgehead atoms. The molecular formula is C16H32O5S. The minimum Gasteiger partial charge on any atom is -0.444 e. The standard InChI is InChI=1S/C16H32O5S/c1-3-4-5-6-7-8-9-10-11-12-13-14-16(17)21-15(2)22(18,19)20/h15H,3-14H2,1-2H3,(H,18,19,20). The average molecular weight is 336 g/mol. The Hall–Kier alpha value is -0.620. The van der Waals surface area contributed by atoms with E-state index in [1.54, 1.807) is 0 Å². The smallest absolute Gasteiger partial charge is 0.307 e. The van der Waals surface area contributed by atoms with Crippen LogP contribution in [-0.2, 0) is 19.6 Å². The summed E-state index contributed by atoms with van der Waals surface area (Å²) in [6.07, 6.45) is 13.3. The molecule has 0 rings (SSSR count). The maximum Gasteiger partial charge on any atom is 0.307 e. The van der Waals surface area contributed by atoms with Crippen LogP contribution in [0, 0.1) is 0 Å². The molecule has 1 atom stereocenters. The Balaban J connectivity index is 3.37. The Kier molecular flexibility index (Phi) is 12.5. The summed E-state index contributed by atoms with van der Waals surface area (Å²) >= 11 is 0. The van der Waals surface area contributed by atoms with E-state index in [4.69, 9.17) is 4.55 Å². The van der Waals surface area contributed by atoms with Crippen LogP contribution in [0.1, 0.15) is 90.9 Å². The van der Waals surface area contributed by atoms with E-state index in [0.29, 0.717) is 6.42 Å². The van der Waals surface area contributed by atoms with E-state index in [-0.39, 0.29) is 6.42 Å². The fourth-order valence-corrected chi connectivity index (χ4v) is 2.47. The van der Waals surface area contributed by atoms with Crippen molar-refractivity contribution < 1.29 is 22.5 Å². The normalized spacial score (nSPS) is 13.0. The summed E-state index contributed by atoms with van der Waals surface area (Å²) in [5.41, 5.74) is -1.48. The highest BCUT2D eigenvalue weighted by atomic mass is 32.2. The van der Waals surface area contributed by atoms with Crippen LogP contribution in [0.4, 0.5) is 0 Å². The van der Waals surface area contributed by atoms with Crippen LogP contribution in [0.5, 0.6) is 0 Å². The minimum atomic E-state index is -4.30. The Morgan fingerprint density at radius 3 is 1.73 bits per heavy atom. The molecule has 5 nitrogen and oxygen atoms in total. The van der Waals surface area contributed by atoms with Gasteiger partial charge < -0.3 is 4.74 Å². The van der Waals surface area contributed by atoms with E-state index in [2.05, 4.69) is 11.7 Å². The Bertz CT molecular complexity index is 378. The summed E-state index contributed by atoms with van der Waals surface area (Å²) in [7, 11) is -4.30. The van der Waals surface area contributed by atoms with Crippen molar-refractivity contribution in [2.45, 2.75) is 96.3 Å². The van der Waals surface area contributed by atoms with Crippen molar-refractivity contribution in [3.05, 3.63) is 0 Å². The topological polar surface area (TPSA) is 80.7 Å². The molecule has 0 saturated carbocycles. The molecule has 0 fully saturated rings. The van der Waals surface area contributed by atoms with Crippen LogP contribution in [0.15, 0.2) is 0 Å². The average Bonchev–Trinajstić information content (AvgIpc) is 2.43. The number of hydrogen-bond donors (Lipinski definition) is 1. The van der Waals surface area contributed by atoms with E-state index in [1.807, 2.05) is 0 Å². The molecule has 0 aromatic carbocycles. The largest absolute Gasteiger partial charge is 0.444 e. The first-order valence-corrected chi connectivity index (χ1v) is 10.0. The zero-order chi connectivity index (χ0) is 16.8. The number of rotatable bonds is 14. The number of esters is 1. The number of carbonyl (C=O) groups is 1. The highest BCUT2D eigenvalue weighted by Crippen LogP contribution is 2.12. The Labute approximate surface area is 135 Å². The maximum atomic E-state index is 11.4. The van der Waals surface area contributed by atoms with Crippen LogP contribution in [0.25, 0.3) is 0 Å². The van der Waals surface area contributed by atoms with E-state index in [1.165, 1.54) is 51.4 Å². The van der Waals surface area contributed by atoms with Gasteiger partial charge in [-0.3, -0.25) is 9.35 Å². The molecule has 132 valence electrons. The van der Waals surface area contributed by atoms with E-state index in [9.17, 15) is 13.2 Å². The van der Waals surface area contributed by atoms with Gasteiger partial charge in [0.15, 0.2) is 0 Å². The second-order valence-corrected chi connectivity index (χ2v) is 7.55. The SMILES string of the molecule is CCCCCCCCCCCCCC(=O)OC(C)S(=O)(=O)O. The molecule has 0 aromatic heterocycles. The van der Waals surface area contributed by atoms with Gasteiger partial charge in [-0.2, -0.15) is 8.42 Å². The number of ether oxygens (including phenoxy) is 1. The number of carbonyl (C=O) groups excluding carboxylic acids is 1. The first kappa shape index (κ1) is 21.4. The van der Waals surface area contributed by atoms with Gasteiger partial charge in [0.1, 0.15) is 0 Å². The first-order valence-electron chi connectivity index (χ1n) is 8.53. The lowest BCUT2D eigenvalue weighted by Crippen LogP contribution is -2.23. The molecule has 0 aliphatic heterocycles. The minimum absolute atomic E-state index is 0.205. The summed E-state index contributed by atoms with van der Waals surface area (Å²) in [6, 6.07) is 0. The Morgan fingerprint density at radius 1 is 0.909 bits per heavy atom. The molecule has 1 N–H and O–H groups in total. The lowest BCUT2D eigenvalue weighted by atomic mass is 10.1. The monoisotopic (exact) mass is 336 g/mol. The van der Waals surface area contributed by atoms with E-state index in [0.717, 1.165) is 19.8 Å². The number of unbranched alkanes of at least 4 members (excludes halogenated alkanes) is 10. The highest BCUT2D eigenvalue weighted by Gasteiger charge is 2.21. The van der Waals surface area contributed by atoms with Gasteiger partial charge in [0.2, 0.25) is 5.44 Å². The molecule has 0 heterocycles.